The van der Waals surface area contributed by atoms with Gasteiger partial charge in [0, 0.05) is 12.1 Å². The molecule has 0 aromatic carbocycles. The highest BCUT2D eigenvalue weighted by molar-refractivity contribution is 7.91. The molecule has 1 fully saturated rings. The average Bonchev–Trinajstić information content (AvgIpc) is 2.93. The zero-order valence-corrected chi connectivity index (χ0v) is 12.0. The van der Waals surface area contributed by atoms with Crippen molar-refractivity contribution >= 4 is 39.1 Å². The minimum Gasteiger partial charge on any atom is -0.478 e. The molecule has 1 aliphatic heterocycles. The summed E-state index contributed by atoms with van der Waals surface area (Å²) in [5, 5.41) is 12.9. The topological polar surface area (TPSA) is 101 Å². The van der Waals surface area contributed by atoms with E-state index in [1.807, 2.05) is 0 Å². The van der Waals surface area contributed by atoms with E-state index in [2.05, 4.69) is 5.32 Å². The Labute approximate surface area is 120 Å². The maximum absolute atomic E-state index is 12.1. The minimum atomic E-state index is -3.04. The van der Waals surface area contributed by atoms with E-state index in [0.29, 0.717) is 16.9 Å². The SMILES string of the molecule is O=C(O)C=Cc1ccsc1C(=O)NC1CCS(=O)(=O)C1. The Balaban J connectivity index is 2.07. The summed E-state index contributed by atoms with van der Waals surface area (Å²) in [4.78, 5) is 22.9. The number of carbonyl (C=O) groups is 2. The Morgan fingerprint density at radius 1 is 1.45 bits per heavy atom. The zero-order chi connectivity index (χ0) is 14.8. The highest BCUT2D eigenvalue weighted by Gasteiger charge is 2.29. The van der Waals surface area contributed by atoms with Crippen LogP contribution in [0.2, 0.25) is 0 Å². The fraction of sp³-hybridized carbons (Fsp3) is 0.333. The normalized spacial score (nSPS) is 21.1. The van der Waals surface area contributed by atoms with E-state index in [9.17, 15) is 18.0 Å². The van der Waals surface area contributed by atoms with Gasteiger partial charge in [-0.2, -0.15) is 0 Å². The van der Waals surface area contributed by atoms with Crippen molar-refractivity contribution in [3.63, 3.8) is 0 Å². The summed E-state index contributed by atoms with van der Waals surface area (Å²) in [5.74, 6) is -1.41. The Morgan fingerprint density at radius 2 is 2.20 bits per heavy atom. The van der Waals surface area contributed by atoms with E-state index in [0.717, 1.165) is 6.08 Å². The van der Waals surface area contributed by atoms with Gasteiger partial charge in [-0.25, -0.2) is 13.2 Å². The van der Waals surface area contributed by atoms with E-state index in [1.54, 1.807) is 11.4 Å². The van der Waals surface area contributed by atoms with E-state index in [-0.39, 0.29) is 23.5 Å². The molecule has 2 rings (SSSR count). The van der Waals surface area contributed by atoms with Crippen molar-refractivity contribution < 1.29 is 23.1 Å². The van der Waals surface area contributed by atoms with Crippen molar-refractivity contribution in [3.05, 3.63) is 28.0 Å². The molecular weight excluding hydrogens is 302 g/mol. The van der Waals surface area contributed by atoms with Gasteiger partial charge in [-0.15, -0.1) is 11.3 Å². The standard InChI is InChI=1S/C12H13NO5S2/c14-10(15)2-1-8-3-5-19-11(8)12(16)13-9-4-6-20(17,18)7-9/h1-3,5,9H,4,6-7H2,(H,13,16)(H,14,15). The molecule has 0 radical (unpaired) electrons. The molecule has 2 heterocycles. The first kappa shape index (κ1) is 14.7. The summed E-state index contributed by atoms with van der Waals surface area (Å²) in [6.45, 7) is 0. The van der Waals surface area contributed by atoms with Gasteiger partial charge in [0.05, 0.1) is 16.4 Å². The van der Waals surface area contributed by atoms with Crippen LogP contribution in [0.3, 0.4) is 0 Å². The number of nitrogens with one attached hydrogen (secondary N) is 1. The second-order valence-electron chi connectivity index (χ2n) is 4.45. The first-order valence-electron chi connectivity index (χ1n) is 5.87. The minimum absolute atomic E-state index is 0.0373. The molecule has 20 heavy (non-hydrogen) atoms. The van der Waals surface area contributed by atoms with Gasteiger partial charge in [0.25, 0.3) is 5.91 Å². The summed E-state index contributed by atoms with van der Waals surface area (Å²) in [6, 6.07) is 1.27. The van der Waals surface area contributed by atoms with Gasteiger partial charge in [0.15, 0.2) is 9.84 Å². The van der Waals surface area contributed by atoms with Gasteiger partial charge in [0.1, 0.15) is 0 Å². The zero-order valence-electron chi connectivity index (χ0n) is 10.4. The monoisotopic (exact) mass is 315 g/mol. The fourth-order valence-electron chi connectivity index (χ4n) is 1.96. The molecule has 108 valence electrons. The molecule has 1 unspecified atom stereocenters. The quantitative estimate of drug-likeness (QED) is 0.799. The van der Waals surface area contributed by atoms with Crippen LogP contribution < -0.4 is 5.32 Å². The van der Waals surface area contributed by atoms with Gasteiger partial charge >= 0.3 is 5.97 Å². The highest BCUT2D eigenvalue weighted by Crippen LogP contribution is 2.19. The van der Waals surface area contributed by atoms with Crippen LogP contribution in [0.25, 0.3) is 6.08 Å². The summed E-state index contributed by atoms with van der Waals surface area (Å²) in [5.41, 5.74) is 0.510. The van der Waals surface area contributed by atoms with Crippen molar-refractivity contribution in [1.82, 2.24) is 5.32 Å². The molecule has 2 N–H and O–H groups in total. The maximum atomic E-state index is 12.1. The first-order chi connectivity index (χ1) is 9.37. The summed E-state index contributed by atoms with van der Waals surface area (Å²) < 4.78 is 22.7. The molecule has 1 aromatic heterocycles. The van der Waals surface area contributed by atoms with Crippen LogP contribution in [-0.4, -0.2) is 42.9 Å². The lowest BCUT2D eigenvalue weighted by molar-refractivity contribution is -0.131. The van der Waals surface area contributed by atoms with Gasteiger partial charge in [-0.1, -0.05) is 0 Å². The molecule has 6 nitrogen and oxygen atoms in total. The van der Waals surface area contributed by atoms with Crippen molar-refractivity contribution in [2.45, 2.75) is 12.5 Å². The third-order valence-corrected chi connectivity index (χ3v) is 5.57. The number of sulfone groups is 1. The van der Waals surface area contributed by atoms with Crippen LogP contribution in [0.4, 0.5) is 0 Å². The Bertz CT molecular complexity index is 659. The Hall–Kier alpha value is -1.67. The van der Waals surface area contributed by atoms with Crippen LogP contribution >= 0.6 is 11.3 Å². The lowest BCUT2D eigenvalue weighted by Crippen LogP contribution is -2.35. The summed E-state index contributed by atoms with van der Waals surface area (Å²) >= 11 is 1.19. The smallest absolute Gasteiger partial charge is 0.328 e. The molecule has 0 saturated carbocycles. The number of carboxylic acids is 1. The Kier molecular flexibility index (Phi) is 4.24. The van der Waals surface area contributed by atoms with Gasteiger partial charge in [-0.3, -0.25) is 4.79 Å². The summed E-state index contributed by atoms with van der Waals surface area (Å²) in [6.07, 6.45) is 2.72. The van der Waals surface area contributed by atoms with E-state index in [4.69, 9.17) is 5.11 Å². The van der Waals surface area contributed by atoms with Crippen LogP contribution in [0.1, 0.15) is 21.7 Å². The van der Waals surface area contributed by atoms with Crippen molar-refractivity contribution in [2.75, 3.05) is 11.5 Å². The van der Waals surface area contributed by atoms with Gasteiger partial charge in [-0.05, 0) is 29.5 Å². The number of carbonyl (C=O) groups excluding carboxylic acids is 1. The van der Waals surface area contributed by atoms with E-state index in [1.165, 1.54) is 17.4 Å². The van der Waals surface area contributed by atoms with E-state index >= 15 is 0 Å². The van der Waals surface area contributed by atoms with Gasteiger partial charge in [0.2, 0.25) is 0 Å². The lowest BCUT2D eigenvalue weighted by atomic mass is 10.2. The molecule has 0 bridgehead atoms. The van der Waals surface area contributed by atoms with Crippen LogP contribution in [0, 0.1) is 0 Å². The molecule has 1 atom stereocenters. The number of aliphatic carboxylic acids is 1. The molecule has 0 spiro atoms. The van der Waals surface area contributed by atoms with E-state index < -0.39 is 15.8 Å². The second-order valence-corrected chi connectivity index (χ2v) is 7.59. The number of amides is 1. The number of thiophene rings is 1. The number of carboxylic acid groups (broad SMARTS) is 1. The van der Waals surface area contributed by atoms with Crippen LogP contribution in [0.15, 0.2) is 17.5 Å². The van der Waals surface area contributed by atoms with Crippen LogP contribution in [-0.2, 0) is 14.6 Å². The maximum Gasteiger partial charge on any atom is 0.328 e. The van der Waals surface area contributed by atoms with Crippen molar-refractivity contribution in [2.24, 2.45) is 0 Å². The molecule has 8 heteroatoms. The molecule has 1 aliphatic rings. The number of hydrogen-bond donors (Lipinski definition) is 2. The third kappa shape index (κ3) is 3.67. The lowest BCUT2D eigenvalue weighted by Gasteiger charge is -2.10. The average molecular weight is 315 g/mol. The van der Waals surface area contributed by atoms with Crippen LogP contribution in [0.5, 0.6) is 0 Å². The molecule has 0 aliphatic carbocycles. The van der Waals surface area contributed by atoms with Crippen molar-refractivity contribution in [1.29, 1.82) is 0 Å². The highest BCUT2D eigenvalue weighted by atomic mass is 32.2. The molecular formula is C12H13NO5S2. The Morgan fingerprint density at radius 3 is 2.80 bits per heavy atom. The third-order valence-electron chi connectivity index (χ3n) is 2.88. The molecule has 1 saturated heterocycles. The fourth-order valence-corrected chi connectivity index (χ4v) is 4.42. The molecule has 1 aromatic rings. The predicted molar refractivity (Wildman–Crippen MR) is 75.5 cm³/mol. The largest absolute Gasteiger partial charge is 0.478 e. The first-order valence-corrected chi connectivity index (χ1v) is 8.57. The van der Waals surface area contributed by atoms with Crippen molar-refractivity contribution in [3.8, 4) is 0 Å². The summed E-state index contributed by atoms with van der Waals surface area (Å²) in [7, 11) is -3.04. The number of rotatable bonds is 4. The second kappa shape index (κ2) is 5.76. The molecule has 1 amide bonds. The predicted octanol–water partition coefficient (Wildman–Crippen LogP) is 0.763. The number of hydrogen-bond acceptors (Lipinski definition) is 5. The van der Waals surface area contributed by atoms with Gasteiger partial charge < -0.3 is 10.4 Å².